The third kappa shape index (κ3) is 3.06. The second kappa shape index (κ2) is 7.23. The van der Waals surface area contributed by atoms with E-state index in [1.54, 1.807) is 18.2 Å². The van der Waals surface area contributed by atoms with E-state index in [0.29, 0.717) is 16.9 Å². The molecule has 3 aliphatic heterocycles. The molecule has 2 aromatic rings. The molecular formula is C23H22NO9P. The first-order valence-corrected chi connectivity index (χ1v) is 12.2. The number of aliphatic hydroxyl groups is 1. The summed E-state index contributed by atoms with van der Waals surface area (Å²) in [4.78, 5) is 12.9. The molecule has 10 nitrogen and oxygen atoms in total. The standard InChI is InChI=1S/C23H22NO9P/c1-9-4-12(5-10(2)11(9)3)31-34(28)32-20-15(25)6-14-13-7-16-21(30-8-29-16)19(26)17(13)23(27)24-18(14)22(20)33-34/h4-7,15,18,20,22,25-26H,8H2,1-3H3,(H,24,27). The maximum Gasteiger partial charge on any atom is 0.530 e. The summed E-state index contributed by atoms with van der Waals surface area (Å²) in [6.07, 6.45) is -1.73. The van der Waals surface area contributed by atoms with Crippen molar-refractivity contribution in [3.8, 4) is 23.0 Å². The van der Waals surface area contributed by atoms with Gasteiger partial charge in [-0.1, -0.05) is 0 Å². The summed E-state index contributed by atoms with van der Waals surface area (Å²) < 4.78 is 41.1. The zero-order valence-corrected chi connectivity index (χ0v) is 19.4. The van der Waals surface area contributed by atoms with Crippen molar-refractivity contribution >= 4 is 19.3 Å². The Morgan fingerprint density at radius 2 is 1.79 bits per heavy atom. The van der Waals surface area contributed by atoms with Crippen molar-refractivity contribution in [1.29, 1.82) is 0 Å². The number of benzene rings is 2. The van der Waals surface area contributed by atoms with Crippen LogP contribution in [0.2, 0.25) is 0 Å². The molecule has 0 radical (unpaired) electrons. The number of aliphatic hydroxyl groups excluding tert-OH is 1. The van der Waals surface area contributed by atoms with Crippen LogP contribution in [0.15, 0.2) is 24.3 Å². The topological polar surface area (TPSA) is 133 Å². The number of aromatic hydroxyl groups is 1. The van der Waals surface area contributed by atoms with E-state index < -0.39 is 38.1 Å². The second-order valence-corrected chi connectivity index (χ2v) is 10.3. The van der Waals surface area contributed by atoms with E-state index in [9.17, 15) is 19.6 Å². The zero-order chi connectivity index (χ0) is 23.9. The summed E-state index contributed by atoms with van der Waals surface area (Å²) >= 11 is 0. The Labute approximate surface area is 194 Å². The SMILES string of the molecule is Cc1cc(OP2(=O)OC3C(O)C=C4c5cc6c(c(O)c5C(=O)NC4C3O2)OCO6)cc(C)c1C. The van der Waals surface area contributed by atoms with Crippen LogP contribution in [0.4, 0.5) is 0 Å². The Morgan fingerprint density at radius 3 is 2.53 bits per heavy atom. The summed E-state index contributed by atoms with van der Waals surface area (Å²) in [7, 11) is -4.12. The maximum atomic E-state index is 13.4. The Morgan fingerprint density at radius 1 is 1.09 bits per heavy atom. The summed E-state index contributed by atoms with van der Waals surface area (Å²) in [5.41, 5.74) is 3.85. The highest BCUT2D eigenvalue weighted by atomic mass is 31.2. The normalized spacial score (nSPS) is 30.7. The van der Waals surface area contributed by atoms with Gasteiger partial charge in [-0.05, 0) is 67.3 Å². The molecule has 1 aliphatic carbocycles. The minimum absolute atomic E-state index is 0.00125. The predicted molar refractivity (Wildman–Crippen MR) is 118 cm³/mol. The molecule has 6 rings (SSSR count). The number of rotatable bonds is 2. The van der Waals surface area contributed by atoms with Gasteiger partial charge in [-0.2, -0.15) is 0 Å². The van der Waals surface area contributed by atoms with Gasteiger partial charge in [-0.25, -0.2) is 4.57 Å². The number of ether oxygens (including phenoxy) is 2. The van der Waals surface area contributed by atoms with E-state index in [-0.39, 0.29) is 29.6 Å². The van der Waals surface area contributed by atoms with E-state index in [1.165, 1.54) is 6.08 Å². The molecule has 2 aromatic carbocycles. The number of carbonyl (C=O) groups excluding carboxylic acids is 1. The number of phenolic OH excluding ortho intramolecular Hbond substituents is 1. The van der Waals surface area contributed by atoms with Gasteiger partial charge in [0.15, 0.2) is 11.5 Å². The minimum atomic E-state index is -4.12. The first-order chi connectivity index (χ1) is 16.1. The van der Waals surface area contributed by atoms with Crippen molar-refractivity contribution in [2.24, 2.45) is 0 Å². The van der Waals surface area contributed by atoms with Gasteiger partial charge in [0.25, 0.3) is 5.91 Å². The van der Waals surface area contributed by atoms with Crippen molar-refractivity contribution in [2.75, 3.05) is 6.79 Å². The molecule has 3 heterocycles. The lowest BCUT2D eigenvalue weighted by Gasteiger charge is -2.38. The fourth-order valence-electron chi connectivity index (χ4n) is 4.84. The van der Waals surface area contributed by atoms with E-state index >= 15 is 0 Å². The molecule has 0 bridgehead atoms. The molecule has 34 heavy (non-hydrogen) atoms. The van der Waals surface area contributed by atoms with Crippen molar-refractivity contribution in [1.82, 2.24) is 5.32 Å². The monoisotopic (exact) mass is 487 g/mol. The summed E-state index contributed by atoms with van der Waals surface area (Å²) in [5.74, 6) is -0.227. The molecule has 11 heteroatoms. The van der Waals surface area contributed by atoms with Crippen molar-refractivity contribution in [3.05, 3.63) is 52.1 Å². The van der Waals surface area contributed by atoms with Gasteiger partial charge in [0.1, 0.15) is 24.1 Å². The average Bonchev–Trinajstić information content (AvgIpc) is 3.38. The molecule has 178 valence electrons. The number of aryl methyl sites for hydroxylation is 2. The number of phenols is 1. The van der Waals surface area contributed by atoms with Crippen molar-refractivity contribution in [3.63, 3.8) is 0 Å². The number of phosphoric acid groups is 1. The largest absolute Gasteiger partial charge is 0.530 e. The average molecular weight is 487 g/mol. The summed E-state index contributed by atoms with van der Waals surface area (Å²) in [6, 6.07) is 4.25. The minimum Gasteiger partial charge on any atom is -0.504 e. The predicted octanol–water partition coefficient (Wildman–Crippen LogP) is 2.89. The van der Waals surface area contributed by atoms with E-state index in [0.717, 1.165) is 16.7 Å². The first kappa shape index (κ1) is 21.5. The van der Waals surface area contributed by atoms with Crippen LogP contribution in [0.3, 0.4) is 0 Å². The van der Waals surface area contributed by atoms with Crippen LogP contribution < -0.4 is 19.3 Å². The number of hydrogen-bond acceptors (Lipinski definition) is 9. The molecule has 4 aliphatic rings. The Kier molecular flexibility index (Phi) is 4.57. The Bertz CT molecular complexity index is 1310. The summed E-state index contributed by atoms with van der Waals surface area (Å²) in [6.45, 7) is 5.72. The quantitative estimate of drug-likeness (QED) is 0.547. The lowest BCUT2D eigenvalue weighted by molar-refractivity contribution is 0.0296. The van der Waals surface area contributed by atoms with Gasteiger partial charge in [-0.15, -0.1) is 0 Å². The molecule has 1 fully saturated rings. The van der Waals surface area contributed by atoms with Gasteiger partial charge in [-0.3, -0.25) is 13.8 Å². The summed E-state index contributed by atoms with van der Waals surface area (Å²) in [5, 5.41) is 24.2. The van der Waals surface area contributed by atoms with E-state index in [1.807, 2.05) is 20.8 Å². The first-order valence-electron chi connectivity index (χ1n) is 10.8. The fraction of sp³-hybridized carbons (Fsp3) is 0.348. The lowest BCUT2D eigenvalue weighted by Crippen LogP contribution is -2.55. The number of nitrogens with one attached hydrogen (secondary N) is 1. The molecule has 5 unspecified atom stereocenters. The number of carbonyl (C=O) groups is 1. The second-order valence-electron chi connectivity index (χ2n) is 8.81. The van der Waals surface area contributed by atoms with Gasteiger partial charge in [0, 0.05) is 5.56 Å². The van der Waals surface area contributed by atoms with Crippen molar-refractivity contribution < 1.29 is 42.6 Å². The highest BCUT2D eigenvalue weighted by Crippen LogP contribution is 2.61. The molecule has 5 atom stereocenters. The van der Waals surface area contributed by atoms with Crippen LogP contribution >= 0.6 is 7.82 Å². The zero-order valence-electron chi connectivity index (χ0n) is 18.5. The van der Waals surface area contributed by atoms with Gasteiger partial charge in [0.05, 0.1) is 11.6 Å². The molecular weight excluding hydrogens is 465 g/mol. The van der Waals surface area contributed by atoms with Crippen LogP contribution in [0.5, 0.6) is 23.0 Å². The fourth-order valence-corrected chi connectivity index (χ4v) is 6.43. The number of fused-ring (bicyclic) bond motifs is 6. The van der Waals surface area contributed by atoms with Crippen LogP contribution in [0.25, 0.3) is 5.57 Å². The number of amides is 1. The molecule has 1 saturated heterocycles. The van der Waals surface area contributed by atoms with Crippen LogP contribution in [0, 0.1) is 20.8 Å². The van der Waals surface area contributed by atoms with Crippen molar-refractivity contribution in [2.45, 2.75) is 45.1 Å². The van der Waals surface area contributed by atoms with E-state index in [2.05, 4.69) is 5.32 Å². The lowest BCUT2D eigenvalue weighted by atomic mass is 9.79. The molecule has 3 N–H and O–H groups in total. The number of hydrogen-bond donors (Lipinski definition) is 3. The molecule has 0 saturated carbocycles. The smallest absolute Gasteiger partial charge is 0.504 e. The van der Waals surface area contributed by atoms with E-state index in [4.69, 9.17) is 23.0 Å². The molecule has 1 amide bonds. The van der Waals surface area contributed by atoms with Crippen LogP contribution in [-0.2, 0) is 13.6 Å². The maximum absolute atomic E-state index is 13.4. The Balaban J connectivity index is 1.35. The highest BCUT2D eigenvalue weighted by molar-refractivity contribution is 7.49. The third-order valence-electron chi connectivity index (χ3n) is 6.76. The highest BCUT2D eigenvalue weighted by Gasteiger charge is 2.57. The molecule has 0 spiro atoms. The van der Waals surface area contributed by atoms with Gasteiger partial charge < -0.3 is 29.5 Å². The van der Waals surface area contributed by atoms with Crippen LogP contribution in [-0.4, -0.2) is 47.3 Å². The van der Waals surface area contributed by atoms with Crippen LogP contribution in [0.1, 0.15) is 32.6 Å². The third-order valence-corrected chi connectivity index (χ3v) is 8.19. The Hall–Kier alpha value is -3.04. The molecule has 0 aromatic heterocycles. The van der Waals surface area contributed by atoms with Gasteiger partial charge in [0.2, 0.25) is 12.5 Å². The number of phosphoric ester groups is 1. The van der Waals surface area contributed by atoms with Gasteiger partial charge >= 0.3 is 7.82 Å².